The van der Waals surface area contributed by atoms with Crippen LogP contribution in [0.4, 0.5) is 11.4 Å². The summed E-state index contributed by atoms with van der Waals surface area (Å²) >= 11 is 0. The molecule has 5 nitrogen and oxygen atoms in total. The highest BCUT2D eigenvalue weighted by molar-refractivity contribution is 5.92. The second kappa shape index (κ2) is 8.97. The maximum absolute atomic E-state index is 12.2. The van der Waals surface area contributed by atoms with Crippen LogP contribution in [-0.2, 0) is 4.79 Å². The van der Waals surface area contributed by atoms with Crippen LogP contribution in [0.15, 0.2) is 42.5 Å². The molecule has 0 saturated carbocycles. The summed E-state index contributed by atoms with van der Waals surface area (Å²) < 4.78 is 10.5. The molecule has 2 rings (SSSR count). The molecule has 1 amide bonds. The molecule has 0 unspecified atom stereocenters. The van der Waals surface area contributed by atoms with Crippen LogP contribution in [0.3, 0.4) is 0 Å². The molecule has 0 bridgehead atoms. The van der Waals surface area contributed by atoms with Crippen molar-refractivity contribution in [3.63, 3.8) is 0 Å². The first-order valence-corrected chi connectivity index (χ1v) is 8.39. The number of methoxy groups -OCH3 is 2. The molecule has 0 heterocycles. The van der Waals surface area contributed by atoms with Crippen LogP contribution in [0.5, 0.6) is 11.5 Å². The monoisotopic (exact) mass is 342 g/mol. The highest BCUT2D eigenvalue weighted by Crippen LogP contribution is 2.29. The number of rotatable bonds is 8. The Balaban J connectivity index is 1.94. The van der Waals surface area contributed by atoms with E-state index < -0.39 is 0 Å². The number of benzene rings is 2. The molecule has 2 aromatic carbocycles. The zero-order chi connectivity index (χ0) is 18.2. The van der Waals surface area contributed by atoms with E-state index in [9.17, 15) is 4.79 Å². The van der Waals surface area contributed by atoms with Gasteiger partial charge in [0, 0.05) is 24.7 Å². The van der Waals surface area contributed by atoms with Gasteiger partial charge in [0.25, 0.3) is 0 Å². The molecule has 2 aromatic rings. The molecule has 0 radical (unpaired) electrons. The third-order valence-electron chi connectivity index (χ3n) is 3.93. The fourth-order valence-electron chi connectivity index (χ4n) is 2.60. The molecule has 0 aromatic heterocycles. The molecule has 134 valence electrons. The maximum atomic E-state index is 12.2. The molecule has 0 aliphatic rings. The minimum Gasteiger partial charge on any atom is -0.497 e. The highest BCUT2D eigenvalue weighted by Gasteiger charge is 2.10. The van der Waals surface area contributed by atoms with Crippen LogP contribution >= 0.6 is 0 Å². The number of para-hydroxylation sites is 1. The average Bonchev–Trinajstić information content (AvgIpc) is 2.61. The predicted octanol–water partition coefficient (Wildman–Crippen LogP) is 4.27. The van der Waals surface area contributed by atoms with Crippen LogP contribution in [-0.4, -0.2) is 26.7 Å². The van der Waals surface area contributed by atoms with Gasteiger partial charge in [-0.3, -0.25) is 4.79 Å². The highest BCUT2D eigenvalue weighted by atomic mass is 16.5. The van der Waals surface area contributed by atoms with Crippen molar-refractivity contribution < 1.29 is 14.3 Å². The molecule has 0 fully saturated rings. The van der Waals surface area contributed by atoms with E-state index in [4.69, 9.17) is 9.47 Å². The lowest BCUT2D eigenvalue weighted by Crippen LogP contribution is -2.17. The number of carbonyl (C=O) groups is 1. The van der Waals surface area contributed by atoms with Crippen molar-refractivity contribution in [2.45, 2.75) is 26.2 Å². The molecular formula is C20H26N2O3. The molecule has 0 aliphatic carbocycles. The number of ether oxygens (including phenoxy) is 2. The quantitative estimate of drug-likeness (QED) is 0.752. The van der Waals surface area contributed by atoms with Crippen molar-refractivity contribution in [2.75, 3.05) is 31.4 Å². The zero-order valence-corrected chi connectivity index (χ0v) is 15.3. The van der Waals surface area contributed by atoms with E-state index in [1.54, 1.807) is 32.4 Å². The van der Waals surface area contributed by atoms with Gasteiger partial charge in [-0.1, -0.05) is 32.0 Å². The van der Waals surface area contributed by atoms with Gasteiger partial charge in [-0.15, -0.1) is 0 Å². The zero-order valence-electron chi connectivity index (χ0n) is 15.3. The number of carbonyl (C=O) groups excluding carboxylic acids is 1. The predicted molar refractivity (Wildman–Crippen MR) is 102 cm³/mol. The van der Waals surface area contributed by atoms with E-state index in [1.807, 2.05) is 18.2 Å². The lowest BCUT2D eigenvalue weighted by molar-refractivity contribution is -0.116. The Labute approximate surface area is 149 Å². The van der Waals surface area contributed by atoms with Gasteiger partial charge in [-0.2, -0.15) is 0 Å². The van der Waals surface area contributed by atoms with E-state index in [0.717, 1.165) is 5.69 Å². The van der Waals surface area contributed by atoms with Gasteiger partial charge >= 0.3 is 0 Å². The van der Waals surface area contributed by atoms with Gasteiger partial charge in [-0.25, -0.2) is 0 Å². The van der Waals surface area contributed by atoms with E-state index in [0.29, 0.717) is 36.1 Å². The first kappa shape index (κ1) is 18.6. The van der Waals surface area contributed by atoms with Crippen molar-refractivity contribution in [3.05, 3.63) is 48.0 Å². The summed E-state index contributed by atoms with van der Waals surface area (Å²) in [6.07, 6.45) is 0.354. The maximum Gasteiger partial charge on any atom is 0.226 e. The second-order valence-corrected chi connectivity index (χ2v) is 6.03. The van der Waals surface area contributed by atoms with Gasteiger partial charge in [0.05, 0.1) is 19.9 Å². The first-order valence-electron chi connectivity index (χ1n) is 8.39. The van der Waals surface area contributed by atoms with Crippen molar-refractivity contribution >= 4 is 17.3 Å². The summed E-state index contributed by atoms with van der Waals surface area (Å²) in [5.41, 5.74) is 2.93. The largest absolute Gasteiger partial charge is 0.497 e. The third-order valence-corrected chi connectivity index (χ3v) is 3.93. The van der Waals surface area contributed by atoms with Gasteiger partial charge in [0.2, 0.25) is 5.91 Å². The summed E-state index contributed by atoms with van der Waals surface area (Å²) in [5, 5.41) is 6.22. The van der Waals surface area contributed by atoms with E-state index >= 15 is 0 Å². The van der Waals surface area contributed by atoms with Crippen molar-refractivity contribution in [2.24, 2.45) is 0 Å². The van der Waals surface area contributed by atoms with Gasteiger partial charge in [0.1, 0.15) is 11.5 Å². The van der Waals surface area contributed by atoms with Crippen LogP contribution < -0.4 is 20.1 Å². The molecule has 5 heteroatoms. The number of amides is 1. The van der Waals surface area contributed by atoms with E-state index in [-0.39, 0.29) is 5.91 Å². The average molecular weight is 342 g/mol. The standard InChI is InChI=1S/C20H26N2O3/c1-14(2)16-7-5-6-8-17(16)21-12-11-20(23)22-18-13-15(24-3)9-10-19(18)25-4/h5-10,13-14,21H,11-12H2,1-4H3,(H,22,23). The Morgan fingerprint density at radius 1 is 1.04 bits per heavy atom. The minimum atomic E-state index is -0.0823. The molecule has 0 saturated heterocycles. The normalized spacial score (nSPS) is 10.4. The van der Waals surface area contributed by atoms with Crippen LogP contribution in [0.2, 0.25) is 0 Å². The summed E-state index contributed by atoms with van der Waals surface area (Å²) in [6, 6.07) is 13.5. The Hall–Kier alpha value is -2.69. The number of hydrogen-bond acceptors (Lipinski definition) is 4. The molecule has 0 aliphatic heterocycles. The summed E-state index contributed by atoms with van der Waals surface area (Å²) in [6.45, 7) is 4.87. The van der Waals surface area contributed by atoms with Crippen molar-refractivity contribution in [3.8, 4) is 11.5 Å². The lowest BCUT2D eigenvalue weighted by atomic mass is 10.0. The van der Waals surface area contributed by atoms with Gasteiger partial charge < -0.3 is 20.1 Å². The molecule has 0 atom stereocenters. The fourth-order valence-corrected chi connectivity index (χ4v) is 2.60. The number of nitrogens with one attached hydrogen (secondary N) is 2. The Bertz CT molecular complexity index is 714. The molecular weight excluding hydrogens is 316 g/mol. The van der Waals surface area contributed by atoms with Crippen LogP contribution in [0.25, 0.3) is 0 Å². The summed E-state index contributed by atoms with van der Waals surface area (Å²) in [4.78, 5) is 12.2. The summed E-state index contributed by atoms with van der Waals surface area (Å²) in [7, 11) is 3.16. The number of anilines is 2. The third kappa shape index (κ3) is 5.14. The van der Waals surface area contributed by atoms with E-state index in [1.165, 1.54) is 5.56 Å². The van der Waals surface area contributed by atoms with Crippen LogP contribution in [0, 0.1) is 0 Å². The van der Waals surface area contributed by atoms with Gasteiger partial charge in [-0.05, 0) is 29.7 Å². The van der Waals surface area contributed by atoms with Crippen LogP contribution in [0.1, 0.15) is 31.7 Å². The SMILES string of the molecule is COc1ccc(OC)c(NC(=O)CCNc2ccccc2C(C)C)c1. The fraction of sp³-hybridized carbons (Fsp3) is 0.350. The Kier molecular flexibility index (Phi) is 6.69. The molecule has 25 heavy (non-hydrogen) atoms. The number of hydrogen-bond donors (Lipinski definition) is 2. The van der Waals surface area contributed by atoms with Gasteiger partial charge in [0.15, 0.2) is 0 Å². The Morgan fingerprint density at radius 2 is 1.80 bits per heavy atom. The van der Waals surface area contributed by atoms with Crippen molar-refractivity contribution in [1.82, 2.24) is 0 Å². The topological polar surface area (TPSA) is 59.6 Å². The van der Waals surface area contributed by atoms with Crippen molar-refractivity contribution in [1.29, 1.82) is 0 Å². The molecule has 2 N–H and O–H groups in total. The smallest absolute Gasteiger partial charge is 0.226 e. The Morgan fingerprint density at radius 3 is 2.48 bits per heavy atom. The summed E-state index contributed by atoms with van der Waals surface area (Å²) in [5.74, 6) is 1.62. The lowest BCUT2D eigenvalue weighted by Gasteiger charge is -2.15. The first-order chi connectivity index (χ1) is 12.0. The minimum absolute atomic E-state index is 0.0823. The molecule has 0 spiro atoms. The second-order valence-electron chi connectivity index (χ2n) is 6.03. The van der Waals surface area contributed by atoms with E-state index in [2.05, 4.69) is 30.5 Å².